The van der Waals surface area contributed by atoms with Crippen molar-refractivity contribution >= 4 is 17.5 Å². The van der Waals surface area contributed by atoms with Gasteiger partial charge in [0.05, 0.1) is 12.6 Å². The lowest BCUT2D eigenvalue weighted by molar-refractivity contribution is 0.101. The highest BCUT2D eigenvalue weighted by Crippen LogP contribution is 2.34. The number of Topliss-reactive ketones (excluding diaryl/α,β-unsaturated/α-hetero) is 1. The molecule has 1 aliphatic rings. The lowest BCUT2D eigenvalue weighted by Gasteiger charge is -2.35. The Balaban J connectivity index is 1.83. The Labute approximate surface area is 153 Å². The van der Waals surface area contributed by atoms with Gasteiger partial charge in [0.2, 0.25) is 0 Å². The van der Waals surface area contributed by atoms with Crippen LogP contribution in [0.5, 0.6) is 0 Å². The Morgan fingerprint density at radius 3 is 2.77 bits per heavy atom. The van der Waals surface area contributed by atoms with E-state index < -0.39 is 0 Å². The van der Waals surface area contributed by atoms with Crippen LogP contribution >= 0.6 is 0 Å². The number of urea groups is 1. The van der Waals surface area contributed by atoms with E-state index in [1.807, 2.05) is 12.1 Å². The average Bonchev–Trinajstić information content (AvgIpc) is 2.66. The summed E-state index contributed by atoms with van der Waals surface area (Å²) in [6, 6.07) is 14.8. The second kappa shape index (κ2) is 8.15. The number of hydrogen-bond acceptors (Lipinski definition) is 3. The number of nitrogens with zero attached hydrogens (tertiary/aromatic N) is 1. The van der Waals surface area contributed by atoms with Crippen molar-refractivity contribution in [2.75, 3.05) is 18.5 Å². The zero-order chi connectivity index (χ0) is 18.5. The molecule has 1 atom stereocenters. The average molecular weight is 352 g/mol. The Kier molecular flexibility index (Phi) is 5.68. The molecule has 0 fully saturated rings. The van der Waals surface area contributed by atoms with Crippen molar-refractivity contribution in [3.63, 3.8) is 0 Å². The SMILES string of the molecule is CC(=O)c1cccc(NC(=O)N(CCO)C2CCCc3ccccc32)c1. The monoisotopic (exact) mass is 352 g/mol. The molecule has 2 amide bonds. The van der Waals surface area contributed by atoms with E-state index in [2.05, 4.69) is 17.4 Å². The fourth-order valence-electron chi connectivity index (χ4n) is 3.57. The van der Waals surface area contributed by atoms with E-state index in [1.54, 1.807) is 29.2 Å². The Morgan fingerprint density at radius 2 is 2.00 bits per heavy atom. The van der Waals surface area contributed by atoms with E-state index in [0.29, 0.717) is 11.3 Å². The molecule has 0 aliphatic heterocycles. The summed E-state index contributed by atoms with van der Waals surface area (Å²) < 4.78 is 0. The van der Waals surface area contributed by atoms with Crippen LogP contribution in [0.25, 0.3) is 0 Å². The van der Waals surface area contributed by atoms with Crippen LogP contribution in [0.4, 0.5) is 10.5 Å². The van der Waals surface area contributed by atoms with Gasteiger partial charge in [-0.25, -0.2) is 4.79 Å². The zero-order valence-corrected chi connectivity index (χ0v) is 14.9. The molecule has 2 aromatic carbocycles. The molecular formula is C21H24N2O3. The summed E-state index contributed by atoms with van der Waals surface area (Å²) in [7, 11) is 0. The molecule has 0 heterocycles. The van der Waals surface area contributed by atoms with E-state index in [4.69, 9.17) is 0 Å². The van der Waals surface area contributed by atoms with Gasteiger partial charge in [0, 0.05) is 17.8 Å². The summed E-state index contributed by atoms with van der Waals surface area (Å²) in [5.74, 6) is -0.0467. The van der Waals surface area contributed by atoms with Gasteiger partial charge in [-0.15, -0.1) is 0 Å². The molecule has 0 bridgehead atoms. The van der Waals surface area contributed by atoms with Crippen LogP contribution in [0.2, 0.25) is 0 Å². The number of rotatable bonds is 5. The number of aryl methyl sites for hydroxylation is 1. The van der Waals surface area contributed by atoms with Gasteiger partial charge in [-0.05, 0) is 49.4 Å². The first-order valence-electron chi connectivity index (χ1n) is 8.97. The summed E-state index contributed by atoms with van der Waals surface area (Å²) in [5.41, 5.74) is 3.55. The van der Waals surface area contributed by atoms with Crippen LogP contribution < -0.4 is 5.32 Å². The highest BCUT2D eigenvalue weighted by molar-refractivity contribution is 5.96. The van der Waals surface area contributed by atoms with Crippen LogP contribution in [0.1, 0.15) is 47.3 Å². The third-order valence-electron chi connectivity index (χ3n) is 4.84. The second-order valence-electron chi connectivity index (χ2n) is 6.59. The number of benzene rings is 2. The van der Waals surface area contributed by atoms with E-state index in [1.165, 1.54) is 12.5 Å². The van der Waals surface area contributed by atoms with Crippen LogP contribution in [0.3, 0.4) is 0 Å². The summed E-state index contributed by atoms with van der Waals surface area (Å²) in [6.07, 6.45) is 2.90. The molecule has 0 saturated heterocycles. The van der Waals surface area contributed by atoms with Gasteiger partial charge >= 0.3 is 6.03 Å². The molecule has 2 N–H and O–H groups in total. The highest BCUT2D eigenvalue weighted by Gasteiger charge is 2.28. The summed E-state index contributed by atoms with van der Waals surface area (Å²) in [5, 5.41) is 12.4. The lowest BCUT2D eigenvalue weighted by atomic mass is 9.87. The minimum Gasteiger partial charge on any atom is -0.395 e. The van der Waals surface area contributed by atoms with Crippen molar-refractivity contribution in [1.82, 2.24) is 4.90 Å². The van der Waals surface area contributed by atoms with Gasteiger partial charge < -0.3 is 15.3 Å². The second-order valence-corrected chi connectivity index (χ2v) is 6.59. The number of ketones is 1. The number of anilines is 1. The summed E-state index contributed by atoms with van der Waals surface area (Å²) in [4.78, 5) is 26.2. The predicted octanol–water partition coefficient (Wildman–Crippen LogP) is 3.79. The summed E-state index contributed by atoms with van der Waals surface area (Å²) in [6.45, 7) is 1.66. The first-order chi connectivity index (χ1) is 12.6. The van der Waals surface area contributed by atoms with E-state index in [0.717, 1.165) is 24.8 Å². The standard InChI is InChI=1S/C21H24N2O3/c1-15(25)17-8-4-9-18(14-17)22-21(26)23(12-13-24)20-11-5-7-16-6-2-3-10-19(16)20/h2-4,6,8-10,14,20,24H,5,7,11-13H2,1H3,(H,22,26). The van der Waals surface area contributed by atoms with E-state index in [9.17, 15) is 14.7 Å². The molecule has 2 aromatic rings. The topological polar surface area (TPSA) is 69.6 Å². The number of hydrogen-bond donors (Lipinski definition) is 2. The number of fused-ring (bicyclic) bond motifs is 1. The molecule has 0 spiro atoms. The van der Waals surface area contributed by atoms with Crippen molar-refractivity contribution in [3.05, 3.63) is 65.2 Å². The molecule has 1 aliphatic carbocycles. The first-order valence-corrected chi connectivity index (χ1v) is 8.97. The van der Waals surface area contributed by atoms with Gasteiger partial charge in [-0.1, -0.05) is 36.4 Å². The maximum absolute atomic E-state index is 12.9. The number of aliphatic hydroxyl groups is 1. The first kappa shape index (κ1) is 18.1. The number of aliphatic hydroxyl groups excluding tert-OH is 1. The van der Waals surface area contributed by atoms with Crippen molar-refractivity contribution in [2.24, 2.45) is 0 Å². The molecular weight excluding hydrogens is 328 g/mol. The van der Waals surface area contributed by atoms with Gasteiger partial charge in [0.25, 0.3) is 0 Å². The Morgan fingerprint density at radius 1 is 1.19 bits per heavy atom. The molecule has 3 rings (SSSR count). The largest absolute Gasteiger partial charge is 0.395 e. The number of carbonyl (C=O) groups is 2. The molecule has 1 unspecified atom stereocenters. The fraction of sp³-hybridized carbons (Fsp3) is 0.333. The molecule has 0 aromatic heterocycles. The quantitative estimate of drug-likeness (QED) is 0.804. The molecule has 136 valence electrons. The van der Waals surface area contributed by atoms with Crippen LogP contribution in [0, 0.1) is 0 Å². The fourth-order valence-corrected chi connectivity index (χ4v) is 3.57. The van der Waals surface area contributed by atoms with Gasteiger partial charge in [-0.3, -0.25) is 4.79 Å². The van der Waals surface area contributed by atoms with Gasteiger partial charge in [-0.2, -0.15) is 0 Å². The minimum atomic E-state index is -0.263. The minimum absolute atomic E-state index is 0.0467. The Hall–Kier alpha value is -2.66. The van der Waals surface area contributed by atoms with Crippen LogP contribution in [-0.2, 0) is 6.42 Å². The Bertz CT molecular complexity index is 803. The maximum Gasteiger partial charge on any atom is 0.322 e. The number of nitrogens with one attached hydrogen (secondary N) is 1. The lowest BCUT2D eigenvalue weighted by Crippen LogP contribution is -2.41. The number of carbonyl (C=O) groups excluding carboxylic acids is 2. The molecule has 5 nitrogen and oxygen atoms in total. The predicted molar refractivity (Wildman–Crippen MR) is 101 cm³/mol. The summed E-state index contributed by atoms with van der Waals surface area (Å²) >= 11 is 0. The van der Waals surface area contributed by atoms with E-state index >= 15 is 0 Å². The molecule has 0 saturated carbocycles. The third kappa shape index (κ3) is 3.94. The van der Waals surface area contributed by atoms with Gasteiger partial charge in [0.15, 0.2) is 5.78 Å². The van der Waals surface area contributed by atoms with Crippen LogP contribution in [-0.4, -0.2) is 35.0 Å². The molecule has 26 heavy (non-hydrogen) atoms. The van der Waals surface area contributed by atoms with E-state index in [-0.39, 0.29) is 31.0 Å². The third-order valence-corrected chi connectivity index (χ3v) is 4.84. The van der Waals surface area contributed by atoms with Crippen molar-refractivity contribution < 1.29 is 14.7 Å². The van der Waals surface area contributed by atoms with Crippen molar-refractivity contribution in [3.8, 4) is 0 Å². The van der Waals surface area contributed by atoms with Gasteiger partial charge in [0.1, 0.15) is 0 Å². The van der Waals surface area contributed by atoms with Crippen molar-refractivity contribution in [1.29, 1.82) is 0 Å². The highest BCUT2D eigenvalue weighted by atomic mass is 16.3. The zero-order valence-electron chi connectivity index (χ0n) is 14.9. The smallest absolute Gasteiger partial charge is 0.322 e. The molecule has 0 radical (unpaired) electrons. The maximum atomic E-state index is 12.9. The van der Waals surface area contributed by atoms with Crippen molar-refractivity contribution in [2.45, 2.75) is 32.2 Å². The normalized spacial score (nSPS) is 15.8. The number of amides is 2. The molecule has 5 heteroatoms. The van der Waals surface area contributed by atoms with Crippen LogP contribution in [0.15, 0.2) is 48.5 Å².